The molecule has 19 heteroatoms. The zero-order valence-corrected chi connectivity index (χ0v) is 24.4. The van der Waals surface area contributed by atoms with E-state index < -0.39 is 20.5 Å². The average Bonchev–Trinajstić information content (AvgIpc) is 3.07. The van der Waals surface area contributed by atoms with Crippen LogP contribution in [0, 0.1) is 48.2 Å². The first-order valence-corrected chi connectivity index (χ1v) is 11.4. The van der Waals surface area contributed by atoms with Gasteiger partial charge in [-0.3, -0.25) is 9.36 Å². The van der Waals surface area contributed by atoms with Crippen molar-refractivity contribution in [3.8, 4) is 0 Å². The maximum absolute atomic E-state index is 8.49. The van der Waals surface area contributed by atoms with Crippen molar-refractivity contribution in [2.45, 2.75) is 40.8 Å². The third-order valence-corrected chi connectivity index (χ3v) is 3.47. The van der Waals surface area contributed by atoms with E-state index in [2.05, 4.69) is 36.2 Å². The quantitative estimate of drug-likeness (QED) is 0.145. The Morgan fingerprint density at radius 1 is 0.629 bits per heavy atom. The van der Waals surface area contributed by atoms with Crippen LogP contribution < -0.4 is 37.3 Å². The molecule has 2 heterocycles. The Morgan fingerprint density at radius 2 is 0.886 bits per heavy atom. The second-order valence-corrected chi connectivity index (χ2v) is 7.79. The van der Waals surface area contributed by atoms with Gasteiger partial charge in [0.1, 0.15) is 0 Å². The Morgan fingerprint density at radius 3 is 1.09 bits per heavy atom. The molecule has 0 spiro atoms. The maximum atomic E-state index is 8.49. The number of hydrogen-bond acceptors (Lipinski definition) is 12. The average molecular weight is 609 g/mol. The summed E-state index contributed by atoms with van der Waals surface area (Å²) < 4.78 is 83.0. The topological polar surface area (TPSA) is 305 Å². The number of aryl methyl sites for hydroxylation is 4. The molecule has 2 aromatic heterocycles. The van der Waals surface area contributed by atoms with Gasteiger partial charge in [-0.25, -0.2) is 37.3 Å². The molecule has 35 heavy (non-hydrogen) atoms. The fourth-order valence-electron chi connectivity index (χ4n) is 2.43. The predicted molar refractivity (Wildman–Crippen MR) is 94.8 cm³/mol. The van der Waals surface area contributed by atoms with E-state index in [1.165, 1.54) is 11.4 Å². The summed E-state index contributed by atoms with van der Waals surface area (Å²) in [5, 5.41) is 8.79. The Balaban J connectivity index is -0.000000316. The summed E-state index contributed by atoms with van der Waals surface area (Å²) in [6, 6.07) is 4.14. The van der Waals surface area contributed by atoms with Crippen LogP contribution in [0.1, 0.15) is 22.8 Å². The van der Waals surface area contributed by atoms with Gasteiger partial charge >= 0.3 is 19.5 Å². The van der Waals surface area contributed by atoms with E-state index in [-0.39, 0.29) is 30.4 Å². The first-order chi connectivity index (χ1) is 14.6. The van der Waals surface area contributed by atoms with Crippen LogP contribution >= 0.6 is 0 Å². The van der Waals surface area contributed by atoms with Crippen molar-refractivity contribution in [2.75, 3.05) is 26.4 Å². The van der Waals surface area contributed by atoms with Gasteiger partial charge < -0.3 is 20.4 Å². The fourth-order valence-corrected chi connectivity index (χ4v) is 2.43. The molecule has 202 valence electrons. The molecule has 0 aliphatic carbocycles. The molecule has 0 fully saturated rings. The normalized spacial score (nSPS) is 10.5. The summed E-state index contributed by atoms with van der Waals surface area (Å²) in [5.41, 5.74) is 4.43. The van der Waals surface area contributed by atoms with Gasteiger partial charge in [0.25, 0.3) is 0 Å². The minimum atomic E-state index is -4.94. The molecule has 16 nitrogen and oxygen atoms in total. The van der Waals surface area contributed by atoms with Crippen molar-refractivity contribution in [3.05, 3.63) is 34.9 Å². The van der Waals surface area contributed by atoms with Crippen LogP contribution in [-0.4, -0.2) is 46.0 Å². The molecular formula is C16H32Cl2N4O12Zn+2. The van der Waals surface area contributed by atoms with Crippen molar-refractivity contribution in [1.82, 2.24) is 19.6 Å². The van der Waals surface area contributed by atoms with E-state index in [0.717, 1.165) is 24.5 Å². The van der Waals surface area contributed by atoms with E-state index in [1.807, 2.05) is 23.2 Å². The molecule has 0 amide bonds. The fraction of sp³-hybridized carbons (Fsp3) is 0.625. The van der Waals surface area contributed by atoms with Crippen molar-refractivity contribution in [2.24, 2.45) is 0 Å². The van der Waals surface area contributed by atoms with Gasteiger partial charge in [0.05, 0.1) is 50.9 Å². The summed E-state index contributed by atoms with van der Waals surface area (Å²) in [4.78, 5) is 0. The van der Waals surface area contributed by atoms with Crippen molar-refractivity contribution >= 4 is 0 Å². The molecular weight excluding hydrogens is 576 g/mol. The molecule has 2 aromatic rings. The zero-order chi connectivity index (χ0) is 24.9. The summed E-state index contributed by atoms with van der Waals surface area (Å²) in [6.07, 6.45) is 0. The molecule has 0 atom stereocenters. The van der Waals surface area contributed by atoms with Crippen LogP contribution in [0.3, 0.4) is 0 Å². The van der Waals surface area contributed by atoms with Crippen LogP contribution in [0.15, 0.2) is 12.1 Å². The van der Waals surface area contributed by atoms with Crippen LogP contribution in [-0.2, 0) is 53.0 Å². The smallest absolute Gasteiger partial charge is 0.457 e. The number of rotatable bonds is 9. The van der Waals surface area contributed by atoms with Crippen LogP contribution in [0.2, 0.25) is 0 Å². The second-order valence-electron chi connectivity index (χ2n) is 6.28. The molecule has 2 rings (SSSR count). The van der Waals surface area contributed by atoms with E-state index in [0.29, 0.717) is 26.4 Å². The van der Waals surface area contributed by atoms with E-state index in [9.17, 15) is 0 Å². The number of hydrogen-bond donors (Lipinski definition) is 0. The summed E-state index contributed by atoms with van der Waals surface area (Å²) in [5.74, 6) is 0. The first-order valence-electron chi connectivity index (χ1n) is 8.97. The molecule has 6 N–H and O–H groups in total. The number of ether oxygens (including phenoxy) is 2. The summed E-state index contributed by atoms with van der Waals surface area (Å²) >= 11 is 0. The Labute approximate surface area is 219 Å². The Kier molecular flexibility index (Phi) is 23.9. The van der Waals surface area contributed by atoms with Gasteiger partial charge in [-0.05, 0) is 39.8 Å². The number of nitrogens with zero attached hydrogens (tertiary/aromatic N) is 4. The van der Waals surface area contributed by atoms with Gasteiger partial charge in [0.2, 0.25) is 0 Å². The van der Waals surface area contributed by atoms with Crippen LogP contribution in [0.5, 0.6) is 0 Å². The minimum Gasteiger partial charge on any atom is -0.457 e. The van der Waals surface area contributed by atoms with Gasteiger partial charge in [-0.15, -0.1) is 20.5 Å². The third-order valence-electron chi connectivity index (χ3n) is 3.47. The van der Waals surface area contributed by atoms with Crippen LogP contribution in [0.4, 0.5) is 0 Å². The molecule has 0 bridgehead atoms. The monoisotopic (exact) mass is 606 g/mol. The largest absolute Gasteiger partial charge is 2.00 e. The molecule has 0 aliphatic rings. The molecule has 0 saturated carbocycles. The Bertz CT molecular complexity index is 707. The molecule has 0 saturated heterocycles. The van der Waals surface area contributed by atoms with Gasteiger partial charge in [-0.1, -0.05) is 0 Å². The predicted octanol–water partition coefficient (Wildman–Crippen LogP) is -9.31. The summed E-state index contributed by atoms with van der Waals surface area (Å²) in [7, 11) is -9.89. The number of aromatic nitrogens is 4. The zero-order valence-electron chi connectivity index (χ0n) is 19.9. The van der Waals surface area contributed by atoms with Gasteiger partial charge in [0.15, 0.2) is 0 Å². The maximum Gasteiger partial charge on any atom is 2.00 e. The molecule has 0 radical (unpaired) electrons. The van der Waals surface area contributed by atoms with Gasteiger partial charge in [0, 0.05) is 11.4 Å². The standard InChI is InChI=1S/C16H26N4O2.2ClHO4.2H2O.Zn/c1-13-11-15(3)19(17-13)5-7-21-9-10-22-8-6-20-16(4)12-14(2)18-20;2*2-1(3,4)5;;;/h11-12H,5-10H2,1-4H3;2*(H,2,3,4,5);2*1H2;/q;;;;;+2. The number of halogens is 2. The minimum absolute atomic E-state index is 0. The van der Waals surface area contributed by atoms with Crippen molar-refractivity contribution in [1.29, 1.82) is 0 Å². The molecule has 0 unspecified atom stereocenters. The van der Waals surface area contributed by atoms with E-state index >= 15 is 0 Å². The second kappa shape index (κ2) is 20.2. The van der Waals surface area contributed by atoms with Crippen LogP contribution in [0.25, 0.3) is 0 Å². The first kappa shape index (κ1) is 41.3. The summed E-state index contributed by atoms with van der Waals surface area (Å²) in [6.45, 7) is 12.2. The molecule has 0 aliphatic heterocycles. The SMILES string of the molecule is Cc1cc(C)n(CCOCCOCCn2nc(C)cc2C)n1.[O-][Cl+3]([O-])([O-])[O-].[O-][Cl+3]([O-])([O-])[O-].[OH3+].[OH3+].[Zn+2]. The van der Waals surface area contributed by atoms with Crippen molar-refractivity contribution < 1.29 is 97.7 Å². The van der Waals surface area contributed by atoms with Crippen molar-refractivity contribution in [3.63, 3.8) is 0 Å². The van der Waals surface area contributed by atoms with E-state index in [4.69, 9.17) is 46.7 Å². The Hall–Kier alpha value is -0.857. The third kappa shape index (κ3) is 27.6. The van der Waals surface area contributed by atoms with Gasteiger partial charge in [-0.2, -0.15) is 10.2 Å². The van der Waals surface area contributed by atoms with E-state index in [1.54, 1.807) is 0 Å². The molecule has 0 aromatic carbocycles.